The molecule has 0 aromatic heterocycles. The van der Waals surface area contributed by atoms with Crippen molar-refractivity contribution in [2.24, 2.45) is 0 Å². The maximum absolute atomic E-state index is 9.24. The van der Waals surface area contributed by atoms with Crippen molar-refractivity contribution >= 4 is 54.7 Å². The number of halogens is 1. The van der Waals surface area contributed by atoms with E-state index in [1.165, 1.54) is 0 Å². The Morgan fingerprint density at radius 2 is 1.71 bits per heavy atom. The van der Waals surface area contributed by atoms with Gasteiger partial charge in [0, 0.05) is 0 Å². The second-order valence-corrected chi connectivity index (χ2v) is 2.73. The van der Waals surface area contributed by atoms with Crippen LogP contribution in [0.3, 0.4) is 0 Å². The van der Waals surface area contributed by atoms with E-state index < -0.39 is 7.82 Å². The van der Waals surface area contributed by atoms with Crippen LogP contribution in [0.25, 0.3) is 0 Å². The van der Waals surface area contributed by atoms with Crippen molar-refractivity contribution in [2.45, 2.75) is 0 Å². The third-order valence-electron chi connectivity index (χ3n) is 0.0845. The number of phosphoric acid groups is 1. The monoisotopic (exact) mass is 342 g/mol. The molecular formula is IO4PSn. The Hall–Kier alpha value is 1.64. The van der Waals surface area contributed by atoms with E-state index in [1.807, 2.05) is 0 Å². The molecule has 0 rings (SSSR count). The molecule has 40 valence electrons. The summed E-state index contributed by atoms with van der Waals surface area (Å²) in [6.45, 7) is 0. The summed E-state index contributed by atoms with van der Waals surface area (Å²) in [5, 5.41) is 0. The average molecular weight is 341 g/mol. The first-order valence-corrected chi connectivity index (χ1v) is 3.23. The molecule has 0 spiro atoms. The molecule has 0 N–H and O–H groups in total. The van der Waals surface area contributed by atoms with Gasteiger partial charge in [-0.15, -0.1) is 0 Å². The molecule has 7 heavy (non-hydrogen) atoms. The van der Waals surface area contributed by atoms with Crippen LogP contribution in [0.5, 0.6) is 0 Å². The van der Waals surface area contributed by atoms with Crippen LogP contribution in [0, 0.1) is 0 Å². The fraction of sp³-hybridized carbons (Fsp3) is 0. The standard InChI is InChI=1S/H2IO4P.Sn/c1-5-6(2,3)4;/h(H2,2,3,4);/q;+2/p-2. The van der Waals surface area contributed by atoms with Gasteiger partial charge in [-0.2, -0.15) is 0 Å². The molecule has 0 aliphatic rings. The van der Waals surface area contributed by atoms with Gasteiger partial charge in [0.05, 0.1) is 7.82 Å². The molecule has 0 aromatic rings. The Labute approximate surface area is 71.5 Å². The molecule has 0 saturated heterocycles. The molecule has 0 unspecified atom stereocenters. The van der Waals surface area contributed by atoms with E-state index in [0.717, 1.165) is 23.0 Å². The number of rotatable bonds is 1. The molecule has 0 saturated carbocycles. The second-order valence-electron chi connectivity index (χ2n) is 0.516. The first-order chi connectivity index (χ1) is 2.56. The topological polar surface area (TPSA) is 72.4 Å². The van der Waals surface area contributed by atoms with Crippen LogP contribution in [0.15, 0.2) is 0 Å². The summed E-state index contributed by atoms with van der Waals surface area (Å²) in [5.41, 5.74) is 0. The van der Waals surface area contributed by atoms with Crippen molar-refractivity contribution in [3.63, 3.8) is 0 Å². The second kappa shape index (κ2) is 4.51. The van der Waals surface area contributed by atoms with Crippen LogP contribution in [0.1, 0.15) is 0 Å². The summed E-state index contributed by atoms with van der Waals surface area (Å²) in [6.07, 6.45) is 0. The van der Waals surface area contributed by atoms with Crippen LogP contribution in [-0.4, -0.2) is 23.9 Å². The molecule has 0 amide bonds. The predicted octanol–water partition coefficient (Wildman–Crippen LogP) is -1.20. The Balaban J connectivity index is 0. The predicted molar refractivity (Wildman–Crippen MR) is 28.5 cm³/mol. The molecule has 0 bridgehead atoms. The molecule has 7 heteroatoms. The third kappa shape index (κ3) is 11.3. The first-order valence-electron chi connectivity index (χ1n) is 0.885. The van der Waals surface area contributed by atoms with Crippen molar-refractivity contribution in [1.29, 1.82) is 0 Å². The van der Waals surface area contributed by atoms with E-state index in [4.69, 9.17) is 0 Å². The van der Waals surface area contributed by atoms with Crippen LogP contribution < -0.4 is 9.79 Å². The number of hydrogen-bond donors (Lipinski definition) is 0. The molecule has 0 fully saturated rings. The van der Waals surface area contributed by atoms with E-state index in [9.17, 15) is 14.4 Å². The van der Waals surface area contributed by atoms with Gasteiger partial charge in [0.2, 0.25) is 0 Å². The summed E-state index contributed by atoms with van der Waals surface area (Å²) in [5.74, 6) is 0. The third-order valence-corrected chi connectivity index (χ3v) is 1.70. The minimum Gasteiger partial charge on any atom is -0.789 e. The van der Waals surface area contributed by atoms with Crippen LogP contribution in [0.4, 0.5) is 0 Å². The zero-order valence-electron chi connectivity index (χ0n) is 2.96. The average Bonchev–Trinajstić information content (AvgIpc) is 1.35. The van der Waals surface area contributed by atoms with Crippen molar-refractivity contribution in [3.05, 3.63) is 0 Å². The quantitative estimate of drug-likeness (QED) is 0.341. The smallest absolute Gasteiger partial charge is 0.789 e. The molecule has 0 aliphatic carbocycles. The fourth-order valence-electron chi connectivity index (χ4n) is 0. The van der Waals surface area contributed by atoms with Crippen molar-refractivity contribution < 1.29 is 17.2 Å². The molecule has 0 aromatic carbocycles. The van der Waals surface area contributed by atoms with Crippen LogP contribution in [0.2, 0.25) is 0 Å². The minimum absolute atomic E-state index is 0. The summed E-state index contributed by atoms with van der Waals surface area (Å²) >= 11 is 1.01. The van der Waals surface area contributed by atoms with Gasteiger partial charge in [0.25, 0.3) is 0 Å². The van der Waals surface area contributed by atoms with Gasteiger partial charge in [-0.3, -0.25) is 2.85 Å². The normalized spacial score (nSPS) is 10.1. The van der Waals surface area contributed by atoms with E-state index in [-0.39, 0.29) is 23.9 Å². The molecule has 0 heterocycles. The molecule has 2 radical (unpaired) electrons. The maximum Gasteiger partial charge on any atom is 2.00 e. The summed E-state index contributed by atoms with van der Waals surface area (Å²) in [4.78, 5) is 18.5. The Bertz CT molecular complexity index is 75.8. The van der Waals surface area contributed by atoms with E-state index in [2.05, 4.69) is 2.85 Å². The van der Waals surface area contributed by atoms with Gasteiger partial charge in [0.1, 0.15) is 23.0 Å². The largest absolute Gasteiger partial charge is 2.00 e. The Kier molecular flexibility index (Phi) is 7.37. The van der Waals surface area contributed by atoms with Gasteiger partial charge in [-0.1, -0.05) is 0 Å². The van der Waals surface area contributed by atoms with Gasteiger partial charge in [-0.05, 0) is 0 Å². The molecule has 0 aliphatic heterocycles. The minimum atomic E-state index is -4.66. The van der Waals surface area contributed by atoms with Crippen LogP contribution in [-0.2, 0) is 7.42 Å². The molecular weight excluding hydrogens is 341 g/mol. The van der Waals surface area contributed by atoms with E-state index in [0.29, 0.717) is 0 Å². The maximum atomic E-state index is 9.24. The zero-order chi connectivity index (χ0) is 5.21. The van der Waals surface area contributed by atoms with E-state index in [1.54, 1.807) is 0 Å². The SMILES string of the molecule is O=P([O-])([O-])OI.[Sn+2]. The molecule has 0 atom stereocenters. The van der Waals surface area contributed by atoms with Gasteiger partial charge < -0.3 is 14.4 Å². The number of hydrogen-bond acceptors (Lipinski definition) is 4. The molecule has 4 nitrogen and oxygen atoms in total. The van der Waals surface area contributed by atoms with E-state index >= 15 is 0 Å². The van der Waals surface area contributed by atoms with Gasteiger partial charge in [-0.25, -0.2) is 0 Å². The Morgan fingerprint density at radius 1 is 1.57 bits per heavy atom. The summed E-state index contributed by atoms with van der Waals surface area (Å²) in [6, 6.07) is 0. The zero-order valence-corrected chi connectivity index (χ0v) is 8.86. The van der Waals surface area contributed by atoms with Crippen molar-refractivity contribution in [1.82, 2.24) is 0 Å². The van der Waals surface area contributed by atoms with Gasteiger partial charge in [0.15, 0.2) is 0 Å². The van der Waals surface area contributed by atoms with Gasteiger partial charge >= 0.3 is 23.9 Å². The fourth-order valence-corrected chi connectivity index (χ4v) is 0. The summed E-state index contributed by atoms with van der Waals surface area (Å²) in [7, 11) is -4.66. The summed E-state index contributed by atoms with van der Waals surface area (Å²) < 4.78 is 12.6. The van der Waals surface area contributed by atoms with Crippen molar-refractivity contribution in [2.75, 3.05) is 0 Å². The van der Waals surface area contributed by atoms with Crippen LogP contribution >= 0.6 is 30.8 Å². The Morgan fingerprint density at radius 3 is 1.71 bits per heavy atom. The van der Waals surface area contributed by atoms with Crippen molar-refractivity contribution in [3.8, 4) is 0 Å². The first kappa shape index (κ1) is 11.4.